The van der Waals surface area contributed by atoms with Crippen molar-refractivity contribution in [3.63, 3.8) is 0 Å². The van der Waals surface area contributed by atoms with Crippen LogP contribution in [-0.4, -0.2) is 23.0 Å². The quantitative estimate of drug-likeness (QED) is 0.474. The summed E-state index contributed by atoms with van der Waals surface area (Å²) in [5, 5.41) is 3.78. The third-order valence-electron chi connectivity index (χ3n) is 2.54. The minimum absolute atomic E-state index is 0.141. The second kappa shape index (κ2) is 7.26. The molecule has 0 bridgehead atoms. The van der Waals surface area contributed by atoms with Crippen LogP contribution in [-0.2, 0) is 11.3 Å². The predicted molar refractivity (Wildman–Crippen MR) is 85.5 cm³/mol. The summed E-state index contributed by atoms with van der Waals surface area (Å²) < 4.78 is 4.94. The zero-order valence-electron chi connectivity index (χ0n) is 11.6. The van der Waals surface area contributed by atoms with Gasteiger partial charge in [-0.25, -0.2) is 9.98 Å². The molecule has 9 heteroatoms. The molecule has 1 aromatic heterocycles. The number of benzene rings is 1. The van der Waals surface area contributed by atoms with Crippen molar-refractivity contribution in [1.82, 2.24) is 9.97 Å². The van der Waals surface area contributed by atoms with Gasteiger partial charge in [0.2, 0.25) is 0 Å². The van der Waals surface area contributed by atoms with E-state index in [0.29, 0.717) is 21.4 Å². The van der Waals surface area contributed by atoms with Gasteiger partial charge in [-0.3, -0.25) is 10.1 Å². The van der Waals surface area contributed by atoms with Crippen molar-refractivity contribution >= 4 is 40.8 Å². The van der Waals surface area contributed by atoms with Crippen molar-refractivity contribution in [1.29, 1.82) is 0 Å². The van der Waals surface area contributed by atoms with Gasteiger partial charge in [0.15, 0.2) is 0 Å². The minimum Gasteiger partial charge on any atom is -0.377 e. The number of nitrogens with one attached hydrogen (secondary N) is 3. The molecular weight excluding hydrogens is 329 g/mol. The summed E-state index contributed by atoms with van der Waals surface area (Å²) in [7, 11) is 1.51. The number of rotatable bonds is 4. The summed E-state index contributed by atoms with van der Waals surface area (Å²) in [6.07, 6.45) is 0. The Bertz CT molecular complexity index is 760. The monoisotopic (exact) mass is 342 g/mol. The van der Waals surface area contributed by atoms with Crippen LogP contribution in [0.2, 0.25) is 10.0 Å². The van der Waals surface area contributed by atoms with Gasteiger partial charge < -0.3 is 10.5 Å². The third-order valence-corrected chi connectivity index (χ3v) is 3.09. The fourth-order valence-corrected chi connectivity index (χ4v) is 2.14. The number of hydrogen-bond acceptors (Lipinski definition) is 3. The van der Waals surface area contributed by atoms with E-state index in [1.807, 2.05) is 0 Å². The molecule has 0 amide bonds. The number of nitrogens with two attached hydrogens (primary N) is 1. The molecular formula is C13H14Cl2N5O2+. The van der Waals surface area contributed by atoms with Gasteiger partial charge in [-0.15, -0.1) is 4.98 Å². The number of hydrogen-bond donors (Lipinski definition) is 4. The van der Waals surface area contributed by atoms with Gasteiger partial charge in [0.05, 0.1) is 17.3 Å². The smallest absolute Gasteiger partial charge is 0.325 e. The maximum absolute atomic E-state index is 11.5. The highest BCUT2D eigenvalue weighted by Crippen LogP contribution is 2.24. The van der Waals surface area contributed by atoms with Crippen LogP contribution in [0.1, 0.15) is 5.69 Å². The number of methoxy groups -OCH3 is 1. The average molecular weight is 343 g/mol. The van der Waals surface area contributed by atoms with E-state index < -0.39 is 0 Å². The van der Waals surface area contributed by atoms with E-state index in [4.69, 9.17) is 33.7 Å². The van der Waals surface area contributed by atoms with Crippen LogP contribution in [0, 0.1) is 0 Å². The van der Waals surface area contributed by atoms with Gasteiger partial charge in [-0.05, 0) is 18.2 Å². The number of aromatic amines is 1. The molecule has 0 atom stereocenters. The van der Waals surface area contributed by atoms with Crippen molar-refractivity contribution < 1.29 is 9.73 Å². The van der Waals surface area contributed by atoms with Gasteiger partial charge in [-0.1, -0.05) is 23.2 Å². The van der Waals surface area contributed by atoms with Crippen molar-refractivity contribution in [3.8, 4) is 0 Å². The van der Waals surface area contributed by atoms with E-state index in [1.54, 1.807) is 18.2 Å². The first-order chi connectivity index (χ1) is 10.5. The van der Waals surface area contributed by atoms with E-state index in [9.17, 15) is 4.79 Å². The molecule has 2 rings (SSSR count). The lowest BCUT2D eigenvalue weighted by atomic mass is 10.3. The molecule has 7 nitrogen and oxygen atoms in total. The van der Waals surface area contributed by atoms with Crippen molar-refractivity contribution in [2.75, 3.05) is 12.4 Å². The molecule has 5 N–H and O–H groups in total. The number of anilines is 1. The Hall–Kier alpha value is -2.09. The standard InChI is InChI=1S/C13H13Cl2N5O2/c1-22-6-8-5-11(21)19-13(17-8)20-12(16)18-10-3-2-7(14)4-9(10)15/h2-5H,6H2,1H3,(H4,16,17,18,19,20,21)/p+1. The fraction of sp³-hybridized carbons (Fsp3) is 0.154. The Balaban J connectivity index is 2.23. The Kier molecular flexibility index (Phi) is 5.37. The summed E-state index contributed by atoms with van der Waals surface area (Å²) in [6.45, 7) is 0.217. The topological polar surface area (TPSA) is 107 Å². The van der Waals surface area contributed by atoms with Crippen molar-refractivity contribution in [3.05, 3.63) is 50.4 Å². The molecule has 0 fully saturated rings. The minimum atomic E-state index is -0.318. The third kappa shape index (κ3) is 4.45. The first-order valence-corrected chi connectivity index (χ1v) is 6.94. The lowest BCUT2D eigenvalue weighted by molar-refractivity contribution is -0.365. The number of H-pyrrole nitrogens is 1. The molecule has 116 valence electrons. The molecule has 0 aliphatic carbocycles. The number of guanidine groups is 1. The maximum atomic E-state index is 11.5. The largest absolute Gasteiger partial charge is 0.377 e. The highest BCUT2D eigenvalue weighted by Gasteiger charge is 2.08. The second-order valence-electron chi connectivity index (χ2n) is 4.31. The Morgan fingerprint density at radius 3 is 2.91 bits per heavy atom. The molecule has 1 aromatic carbocycles. The summed E-state index contributed by atoms with van der Waals surface area (Å²) >= 11 is 11.9. The van der Waals surface area contributed by atoms with Gasteiger partial charge in [0.1, 0.15) is 5.69 Å². The van der Waals surface area contributed by atoms with E-state index in [1.165, 1.54) is 13.2 Å². The fourth-order valence-electron chi connectivity index (χ4n) is 1.68. The molecule has 0 spiro atoms. The Morgan fingerprint density at radius 2 is 2.23 bits per heavy atom. The van der Waals surface area contributed by atoms with Crippen LogP contribution in [0.4, 0.5) is 11.6 Å². The zero-order chi connectivity index (χ0) is 16.1. The summed E-state index contributed by atoms with van der Waals surface area (Å²) in [5.41, 5.74) is 6.55. The molecule has 0 saturated carbocycles. The van der Waals surface area contributed by atoms with Crippen LogP contribution in [0.25, 0.3) is 0 Å². The van der Waals surface area contributed by atoms with Crippen LogP contribution in [0.15, 0.2) is 29.1 Å². The average Bonchev–Trinajstić information content (AvgIpc) is 2.41. The Morgan fingerprint density at radius 1 is 1.45 bits per heavy atom. The maximum Gasteiger partial charge on any atom is 0.325 e. The second-order valence-corrected chi connectivity index (χ2v) is 5.15. The molecule has 0 radical (unpaired) electrons. The van der Waals surface area contributed by atoms with Crippen molar-refractivity contribution in [2.45, 2.75) is 6.61 Å². The first-order valence-electron chi connectivity index (χ1n) is 6.18. The van der Waals surface area contributed by atoms with E-state index in [0.717, 1.165) is 0 Å². The molecule has 0 saturated heterocycles. The molecule has 1 heterocycles. The highest BCUT2D eigenvalue weighted by molar-refractivity contribution is 6.36. The van der Waals surface area contributed by atoms with E-state index in [2.05, 4.69) is 20.3 Å². The summed E-state index contributed by atoms with van der Waals surface area (Å²) in [6, 6.07) is 6.27. The Labute approximate surface area is 136 Å². The van der Waals surface area contributed by atoms with Crippen LogP contribution >= 0.6 is 23.2 Å². The van der Waals surface area contributed by atoms with Crippen LogP contribution < -0.4 is 21.6 Å². The van der Waals surface area contributed by atoms with Gasteiger partial charge in [0.25, 0.3) is 11.5 Å². The van der Waals surface area contributed by atoms with Gasteiger partial charge >= 0.3 is 5.95 Å². The first kappa shape index (κ1) is 16.3. The summed E-state index contributed by atoms with van der Waals surface area (Å²) in [4.78, 5) is 20.9. The summed E-state index contributed by atoms with van der Waals surface area (Å²) in [5.74, 6) is 0.330. The molecule has 2 aromatic rings. The van der Waals surface area contributed by atoms with Crippen molar-refractivity contribution in [2.24, 2.45) is 5.73 Å². The van der Waals surface area contributed by atoms with Crippen LogP contribution in [0.3, 0.4) is 0 Å². The molecule has 0 unspecified atom stereocenters. The van der Waals surface area contributed by atoms with E-state index >= 15 is 0 Å². The number of aromatic nitrogens is 2. The van der Waals surface area contributed by atoms with E-state index in [-0.39, 0.29) is 24.1 Å². The zero-order valence-corrected chi connectivity index (χ0v) is 13.1. The molecule has 0 aliphatic rings. The lowest BCUT2D eigenvalue weighted by Gasteiger charge is -2.04. The predicted octanol–water partition coefficient (Wildman–Crippen LogP) is 0.362. The normalized spacial score (nSPS) is 11.5. The SMILES string of the molecule is COCc1cc(=O)[nH]c([NH+]=C(N)Nc2ccc(Cl)cc2Cl)n1. The number of nitrogens with zero attached hydrogens (tertiary/aromatic N) is 1. The highest BCUT2D eigenvalue weighted by atomic mass is 35.5. The lowest BCUT2D eigenvalue weighted by Crippen LogP contribution is -2.73. The van der Waals surface area contributed by atoms with Gasteiger partial charge in [-0.2, -0.15) is 0 Å². The molecule has 0 aliphatic heterocycles. The van der Waals surface area contributed by atoms with Crippen LogP contribution in [0.5, 0.6) is 0 Å². The number of ether oxygens (including phenoxy) is 1. The molecule has 22 heavy (non-hydrogen) atoms. The number of halogens is 2. The van der Waals surface area contributed by atoms with Gasteiger partial charge in [0, 0.05) is 18.2 Å².